The van der Waals surface area contributed by atoms with E-state index in [1.54, 1.807) is 0 Å². The number of anilines is 1. The Bertz CT molecular complexity index is 851. The predicted octanol–water partition coefficient (Wildman–Crippen LogP) is 6.46. The second-order valence-corrected chi connectivity index (χ2v) is 9.82. The Labute approximate surface area is 191 Å². The van der Waals surface area contributed by atoms with Gasteiger partial charge in [-0.25, -0.2) is 4.79 Å². The van der Waals surface area contributed by atoms with Gasteiger partial charge in [0.05, 0.1) is 6.61 Å². The monoisotopic (exact) mass is 442 g/mol. The molecule has 0 radical (unpaired) electrons. The van der Waals surface area contributed by atoms with Gasteiger partial charge in [-0.05, 0) is 65.5 Å². The lowest BCUT2D eigenvalue weighted by Crippen LogP contribution is -2.31. The molecule has 1 aliphatic heterocycles. The van der Waals surface area contributed by atoms with Gasteiger partial charge in [-0.15, -0.1) is 0 Å². The summed E-state index contributed by atoms with van der Waals surface area (Å²) in [5.41, 5.74) is 3.75. The number of carbonyl (C=O) groups is 1. The maximum absolute atomic E-state index is 12.6. The van der Waals surface area contributed by atoms with Gasteiger partial charge < -0.3 is 15.0 Å². The van der Waals surface area contributed by atoms with Crippen LogP contribution in [-0.4, -0.2) is 37.2 Å². The maximum atomic E-state index is 12.6. The number of nitrogens with zero attached hydrogens (tertiary/aromatic N) is 1. The van der Waals surface area contributed by atoms with Crippen molar-refractivity contribution in [2.75, 3.05) is 31.6 Å². The number of ether oxygens (including phenoxy) is 1. The molecule has 0 aromatic heterocycles. The van der Waals surface area contributed by atoms with Gasteiger partial charge >= 0.3 is 6.09 Å². The Morgan fingerprint density at radius 2 is 1.81 bits per heavy atom. The first kappa shape index (κ1) is 23.5. The average Bonchev–Trinajstić information content (AvgIpc) is 3.14. The summed E-state index contributed by atoms with van der Waals surface area (Å²) >= 11 is 6.01. The Morgan fingerprint density at radius 3 is 2.48 bits per heavy atom. The number of likely N-dealkylation sites (tertiary alicyclic amines) is 1. The molecule has 0 saturated carbocycles. The largest absolute Gasteiger partial charge is 0.449 e. The van der Waals surface area contributed by atoms with E-state index >= 15 is 0 Å². The highest BCUT2D eigenvalue weighted by atomic mass is 35.5. The number of halogens is 1. The summed E-state index contributed by atoms with van der Waals surface area (Å²) in [6.07, 6.45) is 0.769. The second-order valence-electron chi connectivity index (χ2n) is 9.39. The van der Waals surface area contributed by atoms with Crippen molar-refractivity contribution in [2.45, 2.75) is 40.0 Å². The van der Waals surface area contributed by atoms with E-state index in [1.807, 2.05) is 29.2 Å². The molecule has 0 spiro atoms. The quantitative estimate of drug-likeness (QED) is 0.510. The molecule has 5 heteroatoms. The fourth-order valence-corrected chi connectivity index (χ4v) is 4.20. The number of hydrogen-bond donors (Lipinski definition) is 1. The Balaban J connectivity index is 1.69. The van der Waals surface area contributed by atoms with Gasteiger partial charge in [0.1, 0.15) is 0 Å². The molecule has 0 bridgehead atoms. The Kier molecular flexibility index (Phi) is 8.25. The van der Waals surface area contributed by atoms with Crippen LogP contribution >= 0.6 is 11.6 Å². The van der Waals surface area contributed by atoms with Crippen LogP contribution in [-0.2, 0) is 11.2 Å². The van der Waals surface area contributed by atoms with Gasteiger partial charge in [-0.2, -0.15) is 0 Å². The maximum Gasteiger partial charge on any atom is 0.409 e. The summed E-state index contributed by atoms with van der Waals surface area (Å²) in [5, 5.41) is 4.26. The van der Waals surface area contributed by atoms with E-state index in [-0.39, 0.29) is 6.09 Å². The summed E-state index contributed by atoms with van der Waals surface area (Å²) in [6, 6.07) is 16.6. The van der Waals surface area contributed by atoms with E-state index in [4.69, 9.17) is 16.3 Å². The highest BCUT2D eigenvalue weighted by molar-refractivity contribution is 6.30. The highest BCUT2D eigenvalue weighted by Gasteiger charge is 2.36. The highest BCUT2D eigenvalue weighted by Crippen LogP contribution is 2.29. The topological polar surface area (TPSA) is 41.6 Å². The molecule has 0 aliphatic carbocycles. The molecular formula is C26H35ClN2O2. The SMILES string of the molecule is CC(C)COC(=O)N1CC(Cc2cccc(C(C)C)c2)[C@@H](CNc2ccc(Cl)cc2)C1. The van der Waals surface area contributed by atoms with Crippen LogP contribution in [0.4, 0.5) is 10.5 Å². The third-order valence-electron chi connectivity index (χ3n) is 5.90. The van der Waals surface area contributed by atoms with E-state index in [9.17, 15) is 4.79 Å². The first-order chi connectivity index (χ1) is 14.8. The van der Waals surface area contributed by atoms with Crippen molar-refractivity contribution >= 4 is 23.4 Å². The zero-order chi connectivity index (χ0) is 22.4. The molecule has 3 rings (SSSR count). The molecule has 2 aromatic rings. The van der Waals surface area contributed by atoms with Crippen molar-refractivity contribution < 1.29 is 9.53 Å². The van der Waals surface area contributed by atoms with Gasteiger partial charge in [-0.1, -0.05) is 63.6 Å². The average molecular weight is 443 g/mol. The van der Waals surface area contributed by atoms with E-state index in [1.165, 1.54) is 11.1 Å². The predicted molar refractivity (Wildman–Crippen MR) is 129 cm³/mol. The number of benzene rings is 2. The van der Waals surface area contributed by atoms with Crippen molar-refractivity contribution in [1.29, 1.82) is 0 Å². The fraction of sp³-hybridized carbons (Fsp3) is 0.500. The number of amides is 1. The second kappa shape index (κ2) is 10.9. The van der Waals surface area contributed by atoms with Gasteiger partial charge in [0.2, 0.25) is 0 Å². The Hall–Kier alpha value is -2.20. The summed E-state index contributed by atoms with van der Waals surface area (Å²) in [7, 11) is 0. The lowest BCUT2D eigenvalue weighted by molar-refractivity contribution is 0.0978. The number of carbonyl (C=O) groups excluding carboxylic acids is 1. The third-order valence-corrected chi connectivity index (χ3v) is 6.15. The van der Waals surface area contributed by atoms with Crippen LogP contribution in [0.3, 0.4) is 0 Å². The van der Waals surface area contributed by atoms with E-state index < -0.39 is 0 Å². The minimum absolute atomic E-state index is 0.191. The van der Waals surface area contributed by atoms with Crippen LogP contribution in [0, 0.1) is 17.8 Å². The molecule has 1 fully saturated rings. The molecule has 31 heavy (non-hydrogen) atoms. The van der Waals surface area contributed by atoms with Crippen molar-refractivity contribution in [2.24, 2.45) is 17.8 Å². The minimum Gasteiger partial charge on any atom is -0.449 e. The molecule has 1 amide bonds. The number of rotatable bonds is 8. The summed E-state index contributed by atoms with van der Waals surface area (Å²) < 4.78 is 5.51. The van der Waals surface area contributed by atoms with E-state index in [2.05, 4.69) is 57.3 Å². The van der Waals surface area contributed by atoms with Crippen molar-refractivity contribution in [3.8, 4) is 0 Å². The van der Waals surface area contributed by atoms with Crippen molar-refractivity contribution in [1.82, 2.24) is 4.90 Å². The molecule has 1 saturated heterocycles. The summed E-state index contributed by atoms with van der Waals surface area (Å²) in [4.78, 5) is 14.5. The zero-order valence-corrected chi connectivity index (χ0v) is 19.9. The first-order valence-electron chi connectivity index (χ1n) is 11.3. The van der Waals surface area contributed by atoms with Crippen molar-refractivity contribution in [3.63, 3.8) is 0 Å². The molecule has 1 heterocycles. The van der Waals surface area contributed by atoms with Crippen LogP contribution in [0.25, 0.3) is 0 Å². The van der Waals surface area contributed by atoms with E-state index in [0.29, 0.717) is 36.8 Å². The molecule has 168 valence electrons. The van der Waals surface area contributed by atoms with Crippen LogP contribution in [0.2, 0.25) is 5.02 Å². The first-order valence-corrected chi connectivity index (χ1v) is 11.7. The van der Waals surface area contributed by atoms with Gasteiger partial charge in [0.15, 0.2) is 0 Å². The molecular weight excluding hydrogens is 408 g/mol. The van der Waals surface area contributed by atoms with Crippen LogP contribution in [0.15, 0.2) is 48.5 Å². The standard InChI is InChI=1S/C26H35ClN2O2/c1-18(2)17-31-26(30)29-15-22(13-20-6-5-7-21(12-20)19(3)4)23(16-29)14-28-25-10-8-24(27)9-11-25/h5-12,18-19,22-23,28H,13-17H2,1-4H3/t22?,23-/m0/s1. The normalized spacial score (nSPS) is 18.6. The molecule has 1 aliphatic rings. The third kappa shape index (κ3) is 6.90. The summed E-state index contributed by atoms with van der Waals surface area (Å²) in [5.74, 6) is 1.58. The minimum atomic E-state index is -0.191. The van der Waals surface area contributed by atoms with Crippen LogP contribution in [0.5, 0.6) is 0 Å². The lowest BCUT2D eigenvalue weighted by atomic mass is 9.88. The molecule has 1 N–H and O–H groups in total. The van der Waals surface area contributed by atoms with Gasteiger partial charge in [-0.3, -0.25) is 0 Å². The zero-order valence-electron chi connectivity index (χ0n) is 19.1. The van der Waals surface area contributed by atoms with Crippen LogP contribution in [0.1, 0.15) is 44.7 Å². The number of nitrogens with one attached hydrogen (secondary N) is 1. The summed E-state index contributed by atoms with van der Waals surface area (Å²) in [6.45, 7) is 11.3. The fourth-order valence-electron chi connectivity index (χ4n) is 4.08. The Morgan fingerprint density at radius 1 is 1.10 bits per heavy atom. The van der Waals surface area contributed by atoms with E-state index in [0.717, 1.165) is 30.2 Å². The lowest BCUT2D eigenvalue weighted by Gasteiger charge is -2.20. The molecule has 2 atom stereocenters. The van der Waals surface area contributed by atoms with Crippen LogP contribution < -0.4 is 5.32 Å². The number of hydrogen-bond acceptors (Lipinski definition) is 3. The van der Waals surface area contributed by atoms with Gasteiger partial charge in [0.25, 0.3) is 0 Å². The van der Waals surface area contributed by atoms with Gasteiger partial charge in [0, 0.05) is 30.3 Å². The molecule has 4 nitrogen and oxygen atoms in total. The van der Waals surface area contributed by atoms with Crippen molar-refractivity contribution in [3.05, 3.63) is 64.7 Å². The smallest absolute Gasteiger partial charge is 0.409 e. The molecule has 2 aromatic carbocycles. The molecule has 1 unspecified atom stereocenters.